The number of thiocarbonyl (C=S) groups is 1. The highest BCUT2D eigenvalue weighted by Gasteiger charge is 2.10. The van der Waals surface area contributed by atoms with Crippen molar-refractivity contribution in [3.05, 3.63) is 42.0 Å². The van der Waals surface area contributed by atoms with E-state index in [4.69, 9.17) is 18.0 Å². The molecule has 3 N–H and O–H groups in total. The van der Waals surface area contributed by atoms with E-state index < -0.39 is 0 Å². The van der Waals surface area contributed by atoms with Gasteiger partial charge in [-0.15, -0.1) is 0 Å². The highest BCUT2D eigenvalue weighted by Crippen LogP contribution is 2.27. The lowest BCUT2D eigenvalue weighted by Crippen LogP contribution is -2.16. The number of nitrogens with two attached hydrogens (primary N) is 1. The van der Waals surface area contributed by atoms with Gasteiger partial charge in [0.05, 0.1) is 0 Å². The third kappa shape index (κ3) is 3.94. The van der Waals surface area contributed by atoms with E-state index in [1.54, 1.807) is 0 Å². The van der Waals surface area contributed by atoms with E-state index in [0.717, 1.165) is 22.6 Å². The monoisotopic (exact) mass is 300 g/mol. The van der Waals surface area contributed by atoms with Gasteiger partial charge in [0.1, 0.15) is 4.99 Å². The highest BCUT2D eigenvalue weighted by atomic mass is 32.1. The molecule has 112 valence electrons. The highest BCUT2D eigenvalue weighted by molar-refractivity contribution is 7.80. The molecule has 2 nitrogen and oxygen atoms in total. The van der Waals surface area contributed by atoms with Crippen LogP contribution in [0, 0.1) is 5.92 Å². The van der Waals surface area contributed by atoms with E-state index in [0.29, 0.717) is 11.0 Å². The van der Waals surface area contributed by atoms with Crippen molar-refractivity contribution in [3.8, 4) is 0 Å². The SMILES string of the molecule is CC(C)CCC(C)Nc1ccc(C(N)=S)c2ccccc12. The molecule has 21 heavy (non-hydrogen) atoms. The summed E-state index contributed by atoms with van der Waals surface area (Å²) >= 11 is 5.15. The van der Waals surface area contributed by atoms with Crippen molar-refractivity contribution >= 4 is 33.7 Å². The van der Waals surface area contributed by atoms with Crippen molar-refractivity contribution in [1.29, 1.82) is 0 Å². The number of hydrogen-bond acceptors (Lipinski definition) is 2. The molecule has 2 aromatic rings. The summed E-state index contributed by atoms with van der Waals surface area (Å²) in [7, 11) is 0. The second kappa shape index (κ2) is 6.90. The number of fused-ring (bicyclic) bond motifs is 1. The van der Waals surface area contributed by atoms with Crippen LogP contribution in [-0.2, 0) is 0 Å². The molecule has 2 aromatic carbocycles. The van der Waals surface area contributed by atoms with Gasteiger partial charge in [-0.3, -0.25) is 0 Å². The van der Waals surface area contributed by atoms with Crippen molar-refractivity contribution in [2.75, 3.05) is 5.32 Å². The molecule has 0 heterocycles. The van der Waals surface area contributed by atoms with Crippen LogP contribution < -0.4 is 11.1 Å². The summed E-state index contributed by atoms with van der Waals surface area (Å²) in [4.78, 5) is 0.450. The Labute approximate surface area is 132 Å². The molecule has 0 bridgehead atoms. The normalized spacial score (nSPS) is 12.6. The Morgan fingerprint density at radius 1 is 1.05 bits per heavy atom. The van der Waals surface area contributed by atoms with Gasteiger partial charge in [-0.2, -0.15) is 0 Å². The Morgan fingerprint density at radius 2 is 1.71 bits per heavy atom. The fraction of sp³-hybridized carbons (Fsp3) is 0.389. The predicted molar refractivity (Wildman–Crippen MR) is 97.0 cm³/mol. The maximum absolute atomic E-state index is 5.82. The summed E-state index contributed by atoms with van der Waals surface area (Å²) in [5.74, 6) is 0.739. The number of nitrogens with one attached hydrogen (secondary N) is 1. The fourth-order valence-corrected chi connectivity index (χ4v) is 2.74. The first-order valence-electron chi connectivity index (χ1n) is 7.57. The van der Waals surface area contributed by atoms with Crippen LogP contribution in [0.1, 0.15) is 39.2 Å². The Kier molecular flexibility index (Phi) is 5.18. The molecule has 1 atom stereocenters. The minimum Gasteiger partial charge on any atom is -0.389 e. The summed E-state index contributed by atoms with van der Waals surface area (Å²) in [5.41, 5.74) is 7.92. The molecule has 0 saturated heterocycles. The van der Waals surface area contributed by atoms with Crippen LogP contribution in [-0.4, -0.2) is 11.0 Å². The standard InChI is InChI=1S/C18H24N2S/c1-12(2)8-9-13(3)20-17-11-10-16(18(19)21)14-6-4-5-7-15(14)17/h4-7,10-13,20H,8-9H2,1-3H3,(H2,19,21). The fourth-order valence-electron chi connectivity index (χ4n) is 2.56. The second-order valence-corrected chi connectivity index (χ2v) is 6.53. The van der Waals surface area contributed by atoms with E-state index in [9.17, 15) is 0 Å². The minimum atomic E-state index is 0.450. The molecule has 1 unspecified atom stereocenters. The molecule has 0 aromatic heterocycles. The van der Waals surface area contributed by atoms with Crippen LogP contribution in [0.25, 0.3) is 10.8 Å². The van der Waals surface area contributed by atoms with Gasteiger partial charge in [-0.05, 0) is 43.2 Å². The smallest absolute Gasteiger partial charge is 0.104 e. The lowest BCUT2D eigenvalue weighted by Gasteiger charge is -2.19. The molecule has 0 spiro atoms. The molecule has 0 aliphatic heterocycles. The Bertz CT molecular complexity index is 634. The Balaban J connectivity index is 2.29. The largest absolute Gasteiger partial charge is 0.389 e. The van der Waals surface area contributed by atoms with E-state index in [1.165, 1.54) is 18.2 Å². The van der Waals surface area contributed by atoms with Crippen molar-refractivity contribution in [3.63, 3.8) is 0 Å². The van der Waals surface area contributed by atoms with E-state index in [1.807, 2.05) is 12.1 Å². The van der Waals surface area contributed by atoms with Crippen molar-refractivity contribution in [2.45, 2.75) is 39.7 Å². The molecule has 0 radical (unpaired) electrons. The molecule has 2 rings (SSSR count). The second-order valence-electron chi connectivity index (χ2n) is 6.09. The maximum atomic E-state index is 5.82. The van der Waals surface area contributed by atoms with Crippen molar-refractivity contribution in [2.24, 2.45) is 11.7 Å². The van der Waals surface area contributed by atoms with Gasteiger partial charge >= 0.3 is 0 Å². The molecule has 0 amide bonds. The summed E-state index contributed by atoms with van der Waals surface area (Å²) in [6.45, 7) is 6.76. The van der Waals surface area contributed by atoms with Crippen LogP contribution in [0.4, 0.5) is 5.69 Å². The maximum Gasteiger partial charge on any atom is 0.104 e. The topological polar surface area (TPSA) is 38.0 Å². The lowest BCUT2D eigenvalue weighted by molar-refractivity contribution is 0.528. The third-order valence-electron chi connectivity index (χ3n) is 3.77. The molecule has 3 heteroatoms. The first-order valence-corrected chi connectivity index (χ1v) is 7.98. The molecular weight excluding hydrogens is 276 g/mol. The Morgan fingerprint density at radius 3 is 2.33 bits per heavy atom. The van der Waals surface area contributed by atoms with Gasteiger partial charge in [0.15, 0.2) is 0 Å². The van der Waals surface area contributed by atoms with Crippen LogP contribution in [0.3, 0.4) is 0 Å². The first kappa shape index (κ1) is 15.8. The van der Waals surface area contributed by atoms with E-state index in [-0.39, 0.29) is 0 Å². The zero-order valence-corrected chi connectivity index (χ0v) is 13.8. The number of anilines is 1. The van der Waals surface area contributed by atoms with Crippen molar-refractivity contribution in [1.82, 2.24) is 0 Å². The lowest BCUT2D eigenvalue weighted by atomic mass is 10.0. The van der Waals surface area contributed by atoms with E-state index >= 15 is 0 Å². The molecule has 0 fully saturated rings. The Hall–Kier alpha value is -1.61. The van der Waals surface area contributed by atoms with Gasteiger partial charge in [0.2, 0.25) is 0 Å². The van der Waals surface area contributed by atoms with Crippen LogP contribution in [0.15, 0.2) is 36.4 Å². The predicted octanol–water partition coefficient (Wildman–Crippen LogP) is 4.71. The minimum absolute atomic E-state index is 0.450. The zero-order chi connectivity index (χ0) is 15.4. The van der Waals surface area contributed by atoms with Crippen molar-refractivity contribution < 1.29 is 0 Å². The summed E-state index contributed by atoms with van der Waals surface area (Å²) in [6.07, 6.45) is 2.40. The number of hydrogen-bond donors (Lipinski definition) is 2. The quantitative estimate of drug-likeness (QED) is 0.759. The van der Waals surface area contributed by atoms with Gasteiger partial charge in [-0.1, -0.05) is 50.3 Å². The summed E-state index contributed by atoms with van der Waals surface area (Å²) in [6, 6.07) is 12.8. The zero-order valence-electron chi connectivity index (χ0n) is 13.0. The van der Waals surface area contributed by atoms with Crippen LogP contribution in [0.2, 0.25) is 0 Å². The molecule has 0 aliphatic carbocycles. The van der Waals surface area contributed by atoms with Crippen LogP contribution in [0.5, 0.6) is 0 Å². The van der Waals surface area contributed by atoms with Crippen LogP contribution >= 0.6 is 12.2 Å². The number of benzene rings is 2. The summed E-state index contributed by atoms with van der Waals surface area (Å²) in [5, 5.41) is 5.92. The average Bonchev–Trinajstić information content (AvgIpc) is 2.45. The molecular formula is C18H24N2S. The van der Waals surface area contributed by atoms with E-state index in [2.05, 4.69) is 50.4 Å². The third-order valence-corrected chi connectivity index (χ3v) is 3.99. The van der Waals surface area contributed by atoms with Gasteiger partial charge in [0, 0.05) is 22.7 Å². The summed E-state index contributed by atoms with van der Waals surface area (Å²) < 4.78 is 0. The van der Waals surface area contributed by atoms with Gasteiger partial charge in [0.25, 0.3) is 0 Å². The molecule has 0 saturated carbocycles. The molecule has 0 aliphatic rings. The number of rotatable bonds is 6. The first-order chi connectivity index (χ1) is 9.99. The van der Waals surface area contributed by atoms with Gasteiger partial charge in [-0.25, -0.2) is 0 Å². The van der Waals surface area contributed by atoms with Gasteiger partial charge < -0.3 is 11.1 Å². The average molecular weight is 300 g/mol.